The normalized spacial score (nSPS) is 12.6. The number of amidine groups is 1. The van der Waals surface area contributed by atoms with E-state index in [9.17, 15) is 29.1 Å². The summed E-state index contributed by atoms with van der Waals surface area (Å²) in [7, 11) is -4.23. The maximum atomic E-state index is 13.3. The first-order valence-corrected chi connectivity index (χ1v) is 13.5. The molecule has 0 saturated heterocycles. The van der Waals surface area contributed by atoms with E-state index >= 15 is 0 Å². The van der Waals surface area contributed by atoms with Gasteiger partial charge in [-0.3, -0.25) is 19.7 Å². The van der Waals surface area contributed by atoms with Gasteiger partial charge in [-0.25, -0.2) is 13.4 Å². The molecule has 10 nitrogen and oxygen atoms in total. The molecule has 3 aromatic rings. The van der Waals surface area contributed by atoms with Gasteiger partial charge in [-0.05, 0) is 43.3 Å². The number of anilines is 2. The molecule has 196 valence electrons. The van der Waals surface area contributed by atoms with Crippen LogP contribution in [0.3, 0.4) is 0 Å². The van der Waals surface area contributed by atoms with Crippen molar-refractivity contribution in [3.8, 4) is 12.1 Å². The fourth-order valence-electron chi connectivity index (χ4n) is 3.77. The van der Waals surface area contributed by atoms with Crippen molar-refractivity contribution < 1.29 is 13.3 Å². The quantitative estimate of drug-likeness (QED) is 0.178. The van der Waals surface area contributed by atoms with Crippen LogP contribution in [0.25, 0.3) is 5.70 Å². The van der Waals surface area contributed by atoms with Crippen LogP contribution in [0.5, 0.6) is 0 Å². The molecule has 0 spiro atoms. The molecule has 0 bridgehead atoms. The van der Waals surface area contributed by atoms with Crippen molar-refractivity contribution in [3.63, 3.8) is 0 Å². The van der Waals surface area contributed by atoms with E-state index in [1.165, 1.54) is 48.2 Å². The summed E-state index contributed by atoms with van der Waals surface area (Å²) in [5.74, 6) is 0.208. The molecule has 0 atom stereocenters. The van der Waals surface area contributed by atoms with Gasteiger partial charge in [0.05, 0.1) is 47.6 Å². The Bertz CT molecular complexity index is 1790. The molecule has 0 unspecified atom stereocenters. The van der Waals surface area contributed by atoms with E-state index in [0.717, 1.165) is 12.1 Å². The molecule has 1 aliphatic rings. The fraction of sp³-hybridized carbons (Fsp3) is 0.0417. The zero-order chi connectivity index (χ0) is 28.6. The number of nitrogens with one attached hydrogen (secondary N) is 1. The second kappa shape index (κ2) is 10.7. The Labute approximate surface area is 242 Å². The Balaban J connectivity index is 1.93. The standard InChI is InChI=1S/C24H12Cl4N6O4S/c1-12-31-21-5-3-16(39(37,38)32-22-4-2-14(25)6-18(22)26)9-17(21)23(13(10-29)11-30)33(12)24-19(27)7-15(34(35)36)8-20(24)28/h2-9,32H,1H3. The summed E-state index contributed by atoms with van der Waals surface area (Å²) in [5, 5.41) is 30.9. The van der Waals surface area contributed by atoms with E-state index in [1.54, 1.807) is 12.1 Å². The van der Waals surface area contributed by atoms with Crippen LogP contribution in [-0.2, 0) is 10.0 Å². The number of allylic oxidation sites excluding steroid dienone is 1. The van der Waals surface area contributed by atoms with E-state index in [0.29, 0.717) is 5.02 Å². The van der Waals surface area contributed by atoms with Crippen LogP contribution in [0.2, 0.25) is 20.1 Å². The van der Waals surface area contributed by atoms with Crippen molar-refractivity contribution in [1.29, 1.82) is 10.5 Å². The maximum absolute atomic E-state index is 13.3. The third-order valence-electron chi connectivity index (χ3n) is 5.43. The van der Waals surface area contributed by atoms with Crippen molar-refractivity contribution in [1.82, 2.24) is 0 Å². The van der Waals surface area contributed by atoms with Gasteiger partial charge in [0, 0.05) is 22.7 Å². The van der Waals surface area contributed by atoms with Gasteiger partial charge in [-0.2, -0.15) is 10.5 Å². The number of nitrogens with zero attached hydrogens (tertiary/aromatic N) is 5. The molecule has 0 amide bonds. The SMILES string of the molecule is CC1=Nc2ccc(S(=O)(=O)Nc3ccc(Cl)cc3Cl)cc2C(=C(C#N)C#N)N1c1c(Cl)cc([N+](=O)[O-])cc1Cl. The molecule has 4 rings (SSSR count). The number of sulfonamides is 1. The predicted octanol–water partition coefficient (Wildman–Crippen LogP) is 7.34. The molecular formula is C24H12Cl4N6O4S. The van der Waals surface area contributed by atoms with Gasteiger partial charge in [0.2, 0.25) is 0 Å². The lowest BCUT2D eigenvalue weighted by atomic mass is 10.0. The number of nitro benzene ring substituents is 1. The molecule has 3 aromatic carbocycles. The third kappa shape index (κ3) is 5.36. The lowest BCUT2D eigenvalue weighted by Crippen LogP contribution is -2.31. The molecule has 0 fully saturated rings. The predicted molar refractivity (Wildman–Crippen MR) is 150 cm³/mol. The first-order chi connectivity index (χ1) is 18.4. The molecule has 0 saturated carbocycles. The zero-order valence-corrected chi connectivity index (χ0v) is 23.2. The summed E-state index contributed by atoms with van der Waals surface area (Å²) in [6.07, 6.45) is 0. The van der Waals surface area contributed by atoms with Crippen LogP contribution < -0.4 is 9.62 Å². The second-order valence-corrected chi connectivity index (χ2v) is 11.2. The average molecular weight is 622 g/mol. The van der Waals surface area contributed by atoms with Crippen molar-refractivity contribution in [2.75, 3.05) is 9.62 Å². The van der Waals surface area contributed by atoms with Gasteiger partial charge in [-0.15, -0.1) is 0 Å². The van der Waals surface area contributed by atoms with Crippen molar-refractivity contribution in [2.45, 2.75) is 11.8 Å². The first-order valence-electron chi connectivity index (χ1n) is 10.5. The zero-order valence-electron chi connectivity index (χ0n) is 19.4. The Hall–Kier alpha value is -3.84. The topological polar surface area (TPSA) is 152 Å². The lowest BCUT2D eigenvalue weighted by molar-refractivity contribution is -0.384. The van der Waals surface area contributed by atoms with E-state index in [-0.39, 0.29) is 59.8 Å². The van der Waals surface area contributed by atoms with Gasteiger partial charge in [0.1, 0.15) is 18.0 Å². The van der Waals surface area contributed by atoms with Crippen LogP contribution in [-0.4, -0.2) is 19.2 Å². The molecule has 1 N–H and O–H groups in total. The second-order valence-electron chi connectivity index (χ2n) is 7.87. The summed E-state index contributed by atoms with van der Waals surface area (Å²) in [4.78, 5) is 16.1. The number of fused-ring (bicyclic) bond motifs is 1. The Morgan fingerprint density at radius 2 is 1.64 bits per heavy atom. The van der Waals surface area contributed by atoms with Gasteiger partial charge < -0.3 is 0 Å². The third-order valence-corrected chi connectivity index (χ3v) is 7.92. The van der Waals surface area contributed by atoms with Crippen LogP contribution in [0.15, 0.2) is 64.0 Å². The number of hydrogen-bond acceptors (Lipinski definition) is 8. The minimum absolute atomic E-state index is 0.00756. The highest BCUT2D eigenvalue weighted by Crippen LogP contribution is 2.46. The minimum atomic E-state index is -4.23. The van der Waals surface area contributed by atoms with Crippen LogP contribution in [0.4, 0.5) is 22.7 Å². The number of halogens is 4. The largest absolute Gasteiger partial charge is 0.293 e. The van der Waals surface area contributed by atoms with Crippen LogP contribution in [0.1, 0.15) is 12.5 Å². The molecule has 15 heteroatoms. The molecule has 1 heterocycles. The molecule has 0 aromatic heterocycles. The summed E-state index contributed by atoms with van der Waals surface area (Å²) >= 11 is 24.8. The summed E-state index contributed by atoms with van der Waals surface area (Å²) in [6, 6.07) is 13.8. The number of rotatable bonds is 5. The Kier molecular flexibility index (Phi) is 7.75. The van der Waals surface area contributed by atoms with Crippen LogP contribution >= 0.6 is 46.4 Å². The molecule has 39 heavy (non-hydrogen) atoms. The average Bonchev–Trinajstić information content (AvgIpc) is 2.86. The minimum Gasteiger partial charge on any atom is -0.293 e. The van der Waals surface area contributed by atoms with Crippen molar-refractivity contribution >= 4 is 90.7 Å². The van der Waals surface area contributed by atoms with Crippen LogP contribution in [0, 0.1) is 32.8 Å². The van der Waals surface area contributed by atoms with E-state index < -0.39 is 20.5 Å². The summed E-state index contributed by atoms with van der Waals surface area (Å²) < 4.78 is 28.9. The highest BCUT2D eigenvalue weighted by Gasteiger charge is 2.32. The van der Waals surface area contributed by atoms with E-state index in [2.05, 4.69) is 9.71 Å². The van der Waals surface area contributed by atoms with Crippen molar-refractivity contribution in [3.05, 3.63) is 89.9 Å². The first kappa shape index (κ1) is 28.2. The number of aliphatic imine (C=N–C) groups is 1. The molecule has 0 radical (unpaired) electrons. The monoisotopic (exact) mass is 620 g/mol. The van der Waals surface area contributed by atoms with E-state index in [4.69, 9.17) is 46.4 Å². The summed E-state index contributed by atoms with van der Waals surface area (Å²) in [5.41, 5.74) is -0.445. The number of hydrogen-bond donors (Lipinski definition) is 1. The van der Waals surface area contributed by atoms with Gasteiger partial charge in [0.15, 0.2) is 5.57 Å². The fourth-order valence-corrected chi connectivity index (χ4v) is 6.04. The number of nitro groups is 1. The summed E-state index contributed by atoms with van der Waals surface area (Å²) in [6.45, 7) is 1.54. The van der Waals surface area contributed by atoms with E-state index in [1.807, 2.05) is 0 Å². The highest BCUT2D eigenvalue weighted by molar-refractivity contribution is 7.92. The number of non-ortho nitro benzene ring substituents is 1. The Morgan fingerprint density at radius 1 is 1.00 bits per heavy atom. The molecular weight excluding hydrogens is 610 g/mol. The molecule has 0 aliphatic carbocycles. The smallest absolute Gasteiger partial charge is 0.272 e. The Morgan fingerprint density at radius 3 is 2.21 bits per heavy atom. The lowest BCUT2D eigenvalue weighted by Gasteiger charge is -2.33. The van der Waals surface area contributed by atoms with Gasteiger partial charge in [0.25, 0.3) is 15.7 Å². The number of nitriles is 2. The number of benzene rings is 3. The van der Waals surface area contributed by atoms with Gasteiger partial charge in [-0.1, -0.05) is 46.4 Å². The van der Waals surface area contributed by atoms with Crippen molar-refractivity contribution in [2.24, 2.45) is 4.99 Å². The molecule has 1 aliphatic heterocycles. The highest BCUT2D eigenvalue weighted by atomic mass is 35.5. The maximum Gasteiger partial charge on any atom is 0.272 e. The van der Waals surface area contributed by atoms with Gasteiger partial charge >= 0.3 is 0 Å².